The maximum absolute atomic E-state index is 13.0. The fraction of sp³-hybridized carbons (Fsp3) is 0.323. The third-order valence-corrected chi connectivity index (χ3v) is 8.04. The first kappa shape index (κ1) is 26.8. The van der Waals surface area contributed by atoms with E-state index in [1.165, 1.54) is 0 Å². The summed E-state index contributed by atoms with van der Waals surface area (Å²) in [7, 11) is 0. The molecule has 5 rings (SSSR count). The summed E-state index contributed by atoms with van der Waals surface area (Å²) >= 11 is 0.853. The molecule has 2 aliphatic rings. The third kappa shape index (κ3) is 6.11. The van der Waals surface area contributed by atoms with Gasteiger partial charge in [-0.2, -0.15) is 0 Å². The number of benzene rings is 3. The number of carbonyl (C=O) groups excluding carboxylic acids is 3. The zero-order chi connectivity index (χ0) is 27.4. The predicted molar refractivity (Wildman–Crippen MR) is 154 cm³/mol. The molecule has 7 nitrogen and oxygen atoms in total. The van der Waals surface area contributed by atoms with Crippen molar-refractivity contribution in [1.29, 1.82) is 0 Å². The molecule has 0 aromatic heterocycles. The molecule has 3 aromatic rings. The number of imide groups is 1. The monoisotopic (exact) mass is 544 g/mol. The van der Waals surface area contributed by atoms with Crippen molar-refractivity contribution < 1.29 is 23.9 Å². The maximum Gasteiger partial charge on any atom is 0.294 e. The number of carbonyl (C=O) groups is 3. The lowest BCUT2D eigenvalue weighted by Gasteiger charge is -2.31. The summed E-state index contributed by atoms with van der Waals surface area (Å²) in [4.78, 5) is 41.4. The van der Waals surface area contributed by atoms with Gasteiger partial charge in [0.2, 0.25) is 5.91 Å². The first-order valence-electron chi connectivity index (χ1n) is 13.3. The van der Waals surface area contributed by atoms with Gasteiger partial charge in [-0.15, -0.1) is 0 Å². The molecule has 8 heteroatoms. The Morgan fingerprint density at radius 1 is 1.00 bits per heavy atom. The summed E-state index contributed by atoms with van der Waals surface area (Å²) in [6.07, 6.45) is 3.55. The highest BCUT2D eigenvalue weighted by Gasteiger charge is 2.37. The van der Waals surface area contributed by atoms with Crippen LogP contribution in [0.2, 0.25) is 0 Å². The molecule has 0 bridgehead atoms. The molecule has 0 saturated carbocycles. The van der Waals surface area contributed by atoms with E-state index in [1.807, 2.05) is 43.3 Å². The Balaban J connectivity index is 1.29. The van der Waals surface area contributed by atoms with Crippen LogP contribution in [0, 0.1) is 5.92 Å². The number of nitrogens with zero attached hydrogens (tertiary/aromatic N) is 2. The first-order chi connectivity index (χ1) is 18.9. The van der Waals surface area contributed by atoms with Crippen LogP contribution in [-0.4, -0.2) is 53.1 Å². The smallest absolute Gasteiger partial charge is 0.294 e. The zero-order valence-electron chi connectivity index (χ0n) is 22.2. The molecule has 2 saturated heterocycles. The average molecular weight is 545 g/mol. The van der Waals surface area contributed by atoms with E-state index in [2.05, 4.69) is 25.1 Å². The standard InChI is InChI=1S/C31H32N2O5S/c1-3-37-27-17-22(11-12-26(27)38-20-24-9-6-8-23-7-4-5-10-25(23)24)18-28-30(35)33(31(36)39-28)19-29(34)32-15-13-21(2)14-16-32/h4-12,17-18,21H,3,13-16,19-20H2,1-2H3/b28-18+. The van der Waals surface area contributed by atoms with Gasteiger partial charge in [-0.25, -0.2) is 0 Å². The predicted octanol–water partition coefficient (Wildman–Crippen LogP) is 6.11. The van der Waals surface area contributed by atoms with Crippen molar-refractivity contribution in [3.63, 3.8) is 0 Å². The molecule has 39 heavy (non-hydrogen) atoms. The molecule has 0 N–H and O–H groups in total. The number of hydrogen-bond donors (Lipinski definition) is 0. The van der Waals surface area contributed by atoms with Crippen LogP contribution in [0.5, 0.6) is 11.5 Å². The number of rotatable bonds is 8. The van der Waals surface area contributed by atoms with Crippen LogP contribution in [0.15, 0.2) is 65.6 Å². The Morgan fingerprint density at radius 2 is 1.77 bits per heavy atom. The Hall–Kier alpha value is -3.78. The van der Waals surface area contributed by atoms with Crippen molar-refractivity contribution in [3.05, 3.63) is 76.7 Å². The van der Waals surface area contributed by atoms with Crippen molar-refractivity contribution in [2.75, 3.05) is 26.2 Å². The zero-order valence-corrected chi connectivity index (χ0v) is 23.0. The molecular weight excluding hydrogens is 512 g/mol. The molecule has 0 unspecified atom stereocenters. The van der Waals surface area contributed by atoms with Gasteiger partial charge in [-0.05, 0) is 77.6 Å². The summed E-state index contributed by atoms with van der Waals surface area (Å²) in [6.45, 7) is 6.01. The van der Waals surface area contributed by atoms with E-state index >= 15 is 0 Å². The molecule has 0 aliphatic carbocycles. The van der Waals surface area contributed by atoms with E-state index in [1.54, 1.807) is 17.0 Å². The van der Waals surface area contributed by atoms with Crippen molar-refractivity contribution in [2.45, 2.75) is 33.3 Å². The minimum absolute atomic E-state index is 0.184. The third-order valence-electron chi connectivity index (χ3n) is 7.13. The number of ether oxygens (including phenoxy) is 2. The summed E-state index contributed by atoms with van der Waals surface area (Å²) in [5.41, 5.74) is 1.78. The van der Waals surface area contributed by atoms with Crippen LogP contribution in [-0.2, 0) is 16.2 Å². The van der Waals surface area contributed by atoms with Crippen molar-refractivity contribution >= 4 is 45.7 Å². The molecule has 0 atom stereocenters. The summed E-state index contributed by atoms with van der Waals surface area (Å²) < 4.78 is 12.0. The van der Waals surface area contributed by atoms with Crippen LogP contribution in [0.3, 0.4) is 0 Å². The molecule has 2 fully saturated rings. The summed E-state index contributed by atoms with van der Waals surface area (Å²) in [6, 6.07) is 19.8. The summed E-state index contributed by atoms with van der Waals surface area (Å²) in [5, 5.41) is 1.86. The second kappa shape index (κ2) is 11.9. The number of likely N-dealkylation sites (tertiary alicyclic amines) is 1. The molecule has 2 heterocycles. The van der Waals surface area contributed by atoms with Crippen LogP contribution >= 0.6 is 11.8 Å². The summed E-state index contributed by atoms with van der Waals surface area (Å²) in [5.74, 6) is 1.11. The Kier molecular flexibility index (Phi) is 8.21. The van der Waals surface area contributed by atoms with Crippen molar-refractivity contribution in [2.24, 2.45) is 5.92 Å². The highest BCUT2D eigenvalue weighted by atomic mass is 32.2. The minimum atomic E-state index is -0.446. The quantitative estimate of drug-likeness (QED) is 0.319. The lowest BCUT2D eigenvalue weighted by atomic mass is 9.99. The maximum atomic E-state index is 13.0. The number of thioether (sulfide) groups is 1. The van der Waals surface area contributed by atoms with E-state index < -0.39 is 11.1 Å². The van der Waals surface area contributed by atoms with Crippen LogP contribution in [0.1, 0.15) is 37.8 Å². The Morgan fingerprint density at radius 3 is 2.56 bits per heavy atom. The van der Waals surface area contributed by atoms with Gasteiger partial charge in [0, 0.05) is 13.1 Å². The van der Waals surface area contributed by atoms with E-state index in [-0.39, 0.29) is 17.4 Å². The van der Waals surface area contributed by atoms with Gasteiger partial charge < -0.3 is 14.4 Å². The van der Waals surface area contributed by atoms with Gasteiger partial charge in [-0.1, -0.05) is 55.5 Å². The van der Waals surface area contributed by atoms with E-state index in [0.717, 1.165) is 45.8 Å². The van der Waals surface area contributed by atoms with Gasteiger partial charge >= 0.3 is 0 Å². The number of fused-ring (bicyclic) bond motifs is 1. The molecule has 3 amide bonds. The van der Waals surface area contributed by atoms with Crippen LogP contribution in [0.25, 0.3) is 16.8 Å². The Bertz CT molecular complexity index is 1420. The molecule has 3 aromatic carbocycles. The van der Waals surface area contributed by atoms with Crippen LogP contribution in [0.4, 0.5) is 4.79 Å². The van der Waals surface area contributed by atoms with Gasteiger partial charge in [0.25, 0.3) is 11.1 Å². The number of hydrogen-bond acceptors (Lipinski definition) is 6. The number of amides is 3. The second-order valence-electron chi connectivity index (χ2n) is 9.90. The first-order valence-corrected chi connectivity index (χ1v) is 14.1. The number of piperidine rings is 1. The van der Waals surface area contributed by atoms with Crippen molar-refractivity contribution in [1.82, 2.24) is 9.80 Å². The van der Waals surface area contributed by atoms with E-state index in [4.69, 9.17) is 9.47 Å². The molecule has 0 spiro atoms. The lowest BCUT2D eigenvalue weighted by molar-refractivity contribution is -0.136. The van der Waals surface area contributed by atoms with Crippen molar-refractivity contribution in [3.8, 4) is 11.5 Å². The van der Waals surface area contributed by atoms with Gasteiger partial charge in [-0.3, -0.25) is 19.3 Å². The molecule has 202 valence electrons. The Labute approximate surface area is 232 Å². The molecule has 2 aliphatic heterocycles. The largest absolute Gasteiger partial charge is 0.490 e. The fourth-order valence-electron chi connectivity index (χ4n) is 4.86. The highest BCUT2D eigenvalue weighted by molar-refractivity contribution is 8.18. The molecular formula is C31H32N2O5S. The minimum Gasteiger partial charge on any atom is -0.490 e. The average Bonchev–Trinajstić information content (AvgIpc) is 3.20. The lowest BCUT2D eigenvalue weighted by Crippen LogP contribution is -2.45. The van der Waals surface area contributed by atoms with Gasteiger partial charge in [0.05, 0.1) is 11.5 Å². The highest BCUT2D eigenvalue weighted by Crippen LogP contribution is 2.35. The molecule has 0 radical (unpaired) electrons. The SMILES string of the molecule is CCOc1cc(/C=C2/SC(=O)N(CC(=O)N3CCC(C)CC3)C2=O)ccc1OCc1cccc2ccccc12. The van der Waals surface area contributed by atoms with E-state index in [9.17, 15) is 14.4 Å². The topological polar surface area (TPSA) is 76.2 Å². The normalized spacial score (nSPS) is 17.3. The fourth-order valence-corrected chi connectivity index (χ4v) is 5.70. The van der Waals surface area contributed by atoms with Crippen LogP contribution < -0.4 is 9.47 Å². The van der Waals surface area contributed by atoms with Gasteiger partial charge in [0.15, 0.2) is 11.5 Å². The van der Waals surface area contributed by atoms with E-state index in [0.29, 0.717) is 49.3 Å². The second-order valence-corrected chi connectivity index (χ2v) is 10.9. The van der Waals surface area contributed by atoms with Gasteiger partial charge in [0.1, 0.15) is 13.2 Å².